The Morgan fingerprint density at radius 2 is 1.85 bits per heavy atom. The molecule has 1 aliphatic rings. The summed E-state index contributed by atoms with van der Waals surface area (Å²) < 4.78 is 5.42. The largest absolute Gasteiger partial charge is 0.481 e. The number of carbonyl (C=O) groups excluding carboxylic acids is 1. The molecule has 0 unspecified atom stereocenters. The van der Waals surface area contributed by atoms with E-state index in [0.717, 1.165) is 17.1 Å². The predicted molar refractivity (Wildman–Crippen MR) is 97.5 cm³/mol. The summed E-state index contributed by atoms with van der Waals surface area (Å²) in [4.78, 5) is 35.7. The molecule has 1 amide bonds. The Hall–Kier alpha value is -2.38. The fourth-order valence-corrected chi connectivity index (χ4v) is 3.09. The molecule has 1 aromatic heterocycles. The average molecular weight is 364 g/mol. The van der Waals surface area contributed by atoms with E-state index in [2.05, 4.69) is 14.9 Å². The molecule has 1 atom stereocenters. The van der Waals surface area contributed by atoms with E-state index >= 15 is 0 Å². The summed E-state index contributed by atoms with van der Waals surface area (Å²) in [7, 11) is 0. The van der Waals surface area contributed by atoms with Gasteiger partial charge in [-0.15, -0.1) is 0 Å². The first-order valence-electron chi connectivity index (χ1n) is 8.84. The van der Waals surface area contributed by atoms with Crippen LogP contribution in [0.25, 0.3) is 0 Å². The minimum Gasteiger partial charge on any atom is -0.481 e. The van der Waals surface area contributed by atoms with Gasteiger partial charge >= 0.3 is 12.1 Å². The van der Waals surface area contributed by atoms with Gasteiger partial charge in [-0.25, -0.2) is 14.8 Å². The lowest BCUT2D eigenvalue weighted by atomic mass is 9.96. The number of aryl methyl sites for hydroxylation is 1. The highest BCUT2D eigenvalue weighted by molar-refractivity contribution is 5.70. The summed E-state index contributed by atoms with van der Waals surface area (Å²) in [6.45, 7) is 11.6. The molecule has 0 aliphatic carbocycles. The van der Waals surface area contributed by atoms with E-state index < -0.39 is 11.6 Å². The van der Waals surface area contributed by atoms with Gasteiger partial charge in [-0.1, -0.05) is 6.92 Å². The number of hydrogen-bond acceptors (Lipinski definition) is 6. The quantitative estimate of drug-likeness (QED) is 0.876. The van der Waals surface area contributed by atoms with Crippen LogP contribution in [0.4, 0.5) is 10.6 Å². The maximum absolute atomic E-state index is 12.2. The summed E-state index contributed by atoms with van der Waals surface area (Å²) in [6, 6.07) is 0. The molecule has 1 saturated heterocycles. The highest BCUT2D eigenvalue weighted by Crippen LogP contribution is 2.30. The molecule has 1 aliphatic heterocycles. The van der Waals surface area contributed by atoms with E-state index in [0.29, 0.717) is 26.2 Å². The lowest BCUT2D eigenvalue weighted by molar-refractivity contribution is -0.137. The van der Waals surface area contributed by atoms with Crippen molar-refractivity contribution < 1.29 is 19.4 Å². The first-order chi connectivity index (χ1) is 12.1. The van der Waals surface area contributed by atoms with Crippen LogP contribution in [-0.2, 0) is 9.53 Å². The lowest BCUT2D eigenvalue weighted by Crippen LogP contribution is -2.50. The minimum absolute atomic E-state index is 0.0269. The Balaban J connectivity index is 2.11. The van der Waals surface area contributed by atoms with Gasteiger partial charge in [0.25, 0.3) is 0 Å². The lowest BCUT2D eigenvalue weighted by Gasteiger charge is -2.37. The molecule has 0 spiro atoms. The van der Waals surface area contributed by atoms with Crippen LogP contribution in [0.2, 0.25) is 0 Å². The number of aromatic nitrogens is 2. The smallest absolute Gasteiger partial charge is 0.410 e. The number of ether oxygens (including phenoxy) is 1. The molecule has 2 heterocycles. The standard InChI is InChI=1S/C18H28N4O4/c1-12(10-14(23)24)15-13(2)19-11-20-16(15)21-6-8-22(9-7-21)17(25)26-18(3,4)5/h11-12H,6-10H2,1-5H3,(H,23,24)/t12-/m1/s1. The molecule has 0 bridgehead atoms. The molecule has 2 rings (SSSR count). The Kier molecular flexibility index (Phi) is 6.05. The van der Waals surface area contributed by atoms with E-state index in [1.165, 1.54) is 6.33 Å². The summed E-state index contributed by atoms with van der Waals surface area (Å²) in [6.07, 6.45) is 1.22. The van der Waals surface area contributed by atoms with Crippen LogP contribution < -0.4 is 4.90 Å². The van der Waals surface area contributed by atoms with Gasteiger partial charge in [0, 0.05) is 37.4 Å². The number of carboxylic acids is 1. The summed E-state index contributed by atoms with van der Waals surface area (Å²) >= 11 is 0. The number of anilines is 1. The molecule has 8 heteroatoms. The first kappa shape index (κ1) is 19.9. The second-order valence-electron chi connectivity index (χ2n) is 7.65. The number of carbonyl (C=O) groups is 2. The molecule has 1 N–H and O–H groups in total. The Morgan fingerprint density at radius 1 is 1.23 bits per heavy atom. The monoisotopic (exact) mass is 364 g/mol. The van der Waals surface area contributed by atoms with Gasteiger partial charge in [-0.05, 0) is 33.6 Å². The van der Waals surface area contributed by atoms with Crippen LogP contribution in [0.15, 0.2) is 6.33 Å². The number of nitrogens with zero attached hydrogens (tertiary/aromatic N) is 4. The zero-order valence-electron chi connectivity index (χ0n) is 16.2. The van der Waals surface area contributed by atoms with Crippen molar-refractivity contribution in [1.29, 1.82) is 0 Å². The maximum atomic E-state index is 12.2. The van der Waals surface area contributed by atoms with Crippen molar-refractivity contribution in [3.63, 3.8) is 0 Å². The Bertz CT molecular complexity index is 664. The summed E-state index contributed by atoms with van der Waals surface area (Å²) in [5.41, 5.74) is 1.14. The highest BCUT2D eigenvalue weighted by Gasteiger charge is 2.28. The van der Waals surface area contributed by atoms with Crippen LogP contribution in [0.1, 0.15) is 51.3 Å². The molecule has 8 nitrogen and oxygen atoms in total. The third-order valence-corrected chi connectivity index (χ3v) is 4.27. The molecule has 26 heavy (non-hydrogen) atoms. The minimum atomic E-state index is -0.846. The van der Waals surface area contributed by atoms with Crippen molar-refractivity contribution in [3.05, 3.63) is 17.6 Å². The topological polar surface area (TPSA) is 95.9 Å². The van der Waals surface area contributed by atoms with E-state index in [1.807, 2.05) is 34.6 Å². The summed E-state index contributed by atoms with van der Waals surface area (Å²) in [5, 5.41) is 9.11. The highest BCUT2D eigenvalue weighted by atomic mass is 16.6. The average Bonchev–Trinajstić information content (AvgIpc) is 2.52. The van der Waals surface area contributed by atoms with Crippen LogP contribution >= 0.6 is 0 Å². The number of carboxylic acid groups (broad SMARTS) is 1. The predicted octanol–water partition coefficient (Wildman–Crippen LogP) is 2.42. The Morgan fingerprint density at radius 3 is 2.38 bits per heavy atom. The van der Waals surface area contributed by atoms with Gasteiger partial charge in [-0.3, -0.25) is 4.79 Å². The van der Waals surface area contributed by atoms with Crippen molar-refractivity contribution >= 4 is 17.9 Å². The number of amides is 1. The molecule has 144 valence electrons. The van der Waals surface area contributed by atoms with Gasteiger partial charge in [0.1, 0.15) is 17.7 Å². The van der Waals surface area contributed by atoms with Crippen molar-refractivity contribution in [1.82, 2.24) is 14.9 Å². The fourth-order valence-electron chi connectivity index (χ4n) is 3.09. The zero-order chi connectivity index (χ0) is 19.5. The van der Waals surface area contributed by atoms with Gasteiger partial charge in [0.15, 0.2) is 0 Å². The molecule has 0 aromatic carbocycles. The number of hydrogen-bond donors (Lipinski definition) is 1. The number of piperazine rings is 1. The van der Waals surface area contributed by atoms with Gasteiger partial charge in [0.05, 0.1) is 6.42 Å². The number of rotatable bonds is 4. The van der Waals surface area contributed by atoms with E-state index in [1.54, 1.807) is 4.90 Å². The van der Waals surface area contributed by atoms with Crippen LogP contribution in [0, 0.1) is 6.92 Å². The SMILES string of the molecule is Cc1ncnc(N2CCN(C(=O)OC(C)(C)C)CC2)c1[C@H](C)CC(=O)O. The van der Waals surface area contributed by atoms with Crippen LogP contribution in [0.3, 0.4) is 0 Å². The Labute approximate surface area is 154 Å². The van der Waals surface area contributed by atoms with Gasteiger partial charge < -0.3 is 19.6 Å². The first-order valence-corrected chi connectivity index (χ1v) is 8.84. The van der Waals surface area contributed by atoms with Crippen molar-refractivity contribution in [2.45, 2.75) is 52.6 Å². The fraction of sp³-hybridized carbons (Fsp3) is 0.667. The molecular formula is C18H28N4O4. The molecule has 0 saturated carbocycles. The van der Waals surface area contributed by atoms with Gasteiger partial charge in [-0.2, -0.15) is 0 Å². The van der Waals surface area contributed by atoms with Crippen molar-refractivity contribution in [2.75, 3.05) is 31.1 Å². The maximum Gasteiger partial charge on any atom is 0.410 e. The van der Waals surface area contributed by atoms with Crippen molar-refractivity contribution in [2.24, 2.45) is 0 Å². The third-order valence-electron chi connectivity index (χ3n) is 4.27. The van der Waals surface area contributed by atoms with Crippen LogP contribution in [-0.4, -0.2) is 63.8 Å². The zero-order valence-corrected chi connectivity index (χ0v) is 16.2. The second-order valence-corrected chi connectivity index (χ2v) is 7.65. The van der Waals surface area contributed by atoms with Gasteiger partial charge in [0.2, 0.25) is 0 Å². The van der Waals surface area contributed by atoms with E-state index in [4.69, 9.17) is 9.84 Å². The third kappa shape index (κ3) is 5.06. The molecular weight excluding hydrogens is 336 g/mol. The molecule has 0 radical (unpaired) electrons. The second kappa shape index (κ2) is 7.88. The van der Waals surface area contributed by atoms with E-state index in [9.17, 15) is 9.59 Å². The normalized spacial score (nSPS) is 16.3. The number of aliphatic carboxylic acids is 1. The van der Waals surface area contributed by atoms with Crippen LogP contribution in [0.5, 0.6) is 0 Å². The molecule has 1 aromatic rings. The summed E-state index contributed by atoms with van der Waals surface area (Å²) in [5.74, 6) is -0.274. The van der Waals surface area contributed by atoms with E-state index in [-0.39, 0.29) is 18.4 Å². The van der Waals surface area contributed by atoms with Crippen molar-refractivity contribution in [3.8, 4) is 0 Å². The molecule has 1 fully saturated rings.